The summed E-state index contributed by atoms with van der Waals surface area (Å²) in [5.41, 5.74) is 0.535. The Kier molecular flexibility index (Phi) is 5.44. The summed E-state index contributed by atoms with van der Waals surface area (Å²) in [6, 6.07) is 7.79. The zero-order valence-corrected chi connectivity index (χ0v) is 17.7. The summed E-state index contributed by atoms with van der Waals surface area (Å²) in [6.07, 6.45) is 2.49. The summed E-state index contributed by atoms with van der Waals surface area (Å²) in [4.78, 5) is 29.7. The predicted octanol–water partition coefficient (Wildman–Crippen LogP) is 1.29. The summed E-state index contributed by atoms with van der Waals surface area (Å²) < 4.78 is 7.08. The second-order valence-electron chi connectivity index (χ2n) is 8.69. The summed E-state index contributed by atoms with van der Waals surface area (Å²) in [7, 11) is 7.63. The Morgan fingerprint density at radius 1 is 1.17 bits per heavy atom. The van der Waals surface area contributed by atoms with Crippen molar-refractivity contribution in [1.82, 2.24) is 19.6 Å². The van der Waals surface area contributed by atoms with Gasteiger partial charge in [-0.15, -0.1) is 0 Å². The van der Waals surface area contributed by atoms with Crippen LogP contribution in [0.2, 0.25) is 0 Å². The highest BCUT2D eigenvalue weighted by molar-refractivity contribution is 5.88. The molecule has 2 heterocycles. The van der Waals surface area contributed by atoms with Gasteiger partial charge >= 0.3 is 0 Å². The van der Waals surface area contributed by atoms with Gasteiger partial charge in [-0.1, -0.05) is 18.2 Å². The van der Waals surface area contributed by atoms with Crippen LogP contribution in [0.3, 0.4) is 0 Å². The molecule has 2 aromatic rings. The highest BCUT2D eigenvalue weighted by Gasteiger charge is 2.44. The molecule has 1 aliphatic heterocycles. The lowest BCUT2D eigenvalue weighted by Crippen LogP contribution is -2.47. The van der Waals surface area contributed by atoms with Gasteiger partial charge in [0.15, 0.2) is 0 Å². The van der Waals surface area contributed by atoms with Gasteiger partial charge in [0.1, 0.15) is 0 Å². The Labute approximate surface area is 171 Å². The van der Waals surface area contributed by atoms with Gasteiger partial charge in [-0.05, 0) is 44.8 Å². The average Bonchev–Trinajstić information content (AvgIpc) is 3.14. The Hall–Kier alpha value is -2.25. The van der Waals surface area contributed by atoms with Gasteiger partial charge in [-0.3, -0.25) is 9.59 Å². The molecule has 0 radical (unpaired) electrons. The Balaban J connectivity index is 1.52. The standard InChI is InChI=1S/C22H30N4O3/c1-24(2)19-9-14-12-26(13-15(14)10-20(19)29-4)21(27)11-18-16-7-5-6-8-17(16)22(28)25(3)23-18/h5-8,14-15,19-20H,9-13H2,1-4H3/t14-,15+,19-,20-/m1/s1. The lowest BCUT2D eigenvalue weighted by atomic mass is 9.77. The molecular weight excluding hydrogens is 368 g/mol. The molecule has 1 aliphatic carbocycles. The molecule has 1 aromatic heterocycles. The quantitative estimate of drug-likeness (QED) is 0.776. The first kappa shape index (κ1) is 20.0. The number of methoxy groups -OCH3 is 1. The summed E-state index contributed by atoms with van der Waals surface area (Å²) >= 11 is 0. The number of amides is 1. The smallest absolute Gasteiger partial charge is 0.274 e. The van der Waals surface area contributed by atoms with E-state index in [4.69, 9.17) is 4.74 Å². The average molecular weight is 399 g/mol. The van der Waals surface area contributed by atoms with E-state index in [0.29, 0.717) is 29.0 Å². The molecule has 4 atom stereocenters. The van der Waals surface area contributed by atoms with Gasteiger partial charge in [0.25, 0.3) is 5.56 Å². The van der Waals surface area contributed by atoms with Gasteiger partial charge in [0, 0.05) is 38.7 Å². The van der Waals surface area contributed by atoms with Crippen molar-refractivity contribution in [3.05, 3.63) is 40.3 Å². The maximum atomic E-state index is 13.1. The maximum Gasteiger partial charge on any atom is 0.274 e. The molecule has 29 heavy (non-hydrogen) atoms. The number of hydrogen-bond donors (Lipinski definition) is 0. The number of likely N-dealkylation sites (N-methyl/N-ethyl adjacent to an activating group) is 1. The maximum absolute atomic E-state index is 13.1. The van der Waals surface area contributed by atoms with Crippen molar-refractivity contribution in [2.45, 2.75) is 31.4 Å². The number of aromatic nitrogens is 2. The second kappa shape index (κ2) is 7.88. The highest BCUT2D eigenvalue weighted by atomic mass is 16.5. The fraction of sp³-hybridized carbons (Fsp3) is 0.591. The number of fused-ring (bicyclic) bond motifs is 2. The van der Waals surface area contributed by atoms with Crippen molar-refractivity contribution < 1.29 is 9.53 Å². The number of benzene rings is 1. The monoisotopic (exact) mass is 398 g/mol. The van der Waals surface area contributed by atoms with E-state index in [1.807, 2.05) is 23.1 Å². The molecule has 156 valence electrons. The number of carbonyl (C=O) groups is 1. The van der Waals surface area contributed by atoms with Crippen LogP contribution in [0.15, 0.2) is 29.1 Å². The Morgan fingerprint density at radius 2 is 1.83 bits per heavy atom. The van der Waals surface area contributed by atoms with Gasteiger partial charge in [0.2, 0.25) is 5.91 Å². The van der Waals surface area contributed by atoms with Gasteiger partial charge in [0.05, 0.1) is 23.6 Å². The second-order valence-corrected chi connectivity index (χ2v) is 8.69. The van der Waals surface area contributed by atoms with Crippen molar-refractivity contribution in [3.8, 4) is 0 Å². The molecule has 4 rings (SSSR count). The number of ether oxygens (including phenoxy) is 1. The summed E-state index contributed by atoms with van der Waals surface area (Å²) in [5, 5.41) is 5.78. The van der Waals surface area contributed by atoms with Gasteiger partial charge in [-0.25, -0.2) is 4.68 Å². The molecule has 2 fully saturated rings. The SMILES string of the molecule is CO[C@@H]1C[C@H]2CN(C(=O)Cc3nn(C)c(=O)c4ccccc34)C[C@H]2C[C@H]1N(C)C. The van der Waals surface area contributed by atoms with Crippen LogP contribution in [0, 0.1) is 11.8 Å². The molecule has 7 heteroatoms. The third-order valence-electron chi connectivity index (χ3n) is 6.76. The molecule has 1 saturated heterocycles. The third-order valence-corrected chi connectivity index (χ3v) is 6.76. The minimum absolute atomic E-state index is 0.0890. The lowest BCUT2D eigenvalue weighted by molar-refractivity contribution is -0.129. The Morgan fingerprint density at radius 3 is 2.48 bits per heavy atom. The van der Waals surface area contributed by atoms with Crippen LogP contribution < -0.4 is 5.56 Å². The van der Waals surface area contributed by atoms with E-state index in [2.05, 4.69) is 24.1 Å². The summed E-state index contributed by atoms with van der Waals surface area (Å²) in [5.74, 6) is 1.10. The molecule has 7 nitrogen and oxygen atoms in total. The topological polar surface area (TPSA) is 67.7 Å². The van der Waals surface area contributed by atoms with E-state index < -0.39 is 0 Å². The molecule has 0 bridgehead atoms. The Bertz CT molecular complexity index is 970. The zero-order valence-electron chi connectivity index (χ0n) is 17.7. The molecular formula is C22H30N4O3. The van der Waals surface area contributed by atoms with Crippen LogP contribution >= 0.6 is 0 Å². The first-order chi connectivity index (χ1) is 13.9. The van der Waals surface area contributed by atoms with Crippen molar-refractivity contribution >= 4 is 16.7 Å². The lowest BCUT2D eigenvalue weighted by Gasteiger charge is -2.40. The van der Waals surface area contributed by atoms with Crippen LogP contribution in [0.4, 0.5) is 0 Å². The van der Waals surface area contributed by atoms with Crippen molar-refractivity contribution in [3.63, 3.8) is 0 Å². The number of hydrogen-bond acceptors (Lipinski definition) is 5. The molecule has 1 aromatic carbocycles. The van der Waals surface area contributed by atoms with E-state index in [-0.39, 0.29) is 24.0 Å². The van der Waals surface area contributed by atoms with Crippen molar-refractivity contribution in [1.29, 1.82) is 0 Å². The van der Waals surface area contributed by atoms with E-state index in [1.165, 1.54) is 4.68 Å². The molecule has 1 saturated carbocycles. The molecule has 1 amide bonds. The number of aryl methyl sites for hydroxylation is 1. The molecule has 0 unspecified atom stereocenters. The number of likely N-dealkylation sites (tertiary alicyclic amines) is 1. The van der Waals surface area contributed by atoms with E-state index in [1.54, 1.807) is 20.2 Å². The predicted molar refractivity (Wildman–Crippen MR) is 112 cm³/mol. The number of nitrogens with zero attached hydrogens (tertiary/aromatic N) is 4. The van der Waals surface area contributed by atoms with Crippen molar-refractivity contribution in [2.75, 3.05) is 34.3 Å². The van der Waals surface area contributed by atoms with E-state index >= 15 is 0 Å². The van der Waals surface area contributed by atoms with Crippen LogP contribution in [0.25, 0.3) is 10.8 Å². The summed E-state index contributed by atoms with van der Waals surface area (Å²) in [6.45, 7) is 1.58. The highest BCUT2D eigenvalue weighted by Crippen LogP contribution is 2.39. The van der Waals surface area contributed by atoms with Gasteiger partial charge in [-0.2, -0.15) is 5.10 Å². The van der Waals surface area contributed by atoms with E-state index in [0.717, 1.165) is 31.3 Å². The fourth-order valence-electron chi connectivity index (χ4n) is 5.15. The number of carbonyl (C=O) groups excluding carboxylic acids is 1. The number of rotatable bonds is 4. The zero-order chi connectivity index (χ0) is 20.7. The van der Waals surface area contributed by atoms with E-state index in [9.17, 15) is 9.59 Å². The molecule has 2 aliphatic rings. The van der Waals surface area contributed by atoms with Crippen LogP contribution in [-0.2, 0) is 23.0 Å². The van der Waals surface area contributed by atoms with Crippen LogP contribution in [0.5, 0.6) is 0 Å². The third kappa shape index (κ3) is 3.69. The molecule has 0 N–H and O–H groups in total. The minimum atomic E-state index is -0.135. The van der Waals surface area contributed by atoms with Crippen molar-refractivity contribution in [2.24, 2.45) is 18.9 Å². The fourth-order valence-corrected chi connectivity index (χ4v) is 5.15. The first-order valence-corrected chi connectivity index (χ1v) is 10.3. The van der Waals surface area contributed by atoms with Crippen LogP contribution in [-0.4, -0.2) is 71.9 Å². The first-order valence-electron chi connectivity index (χ1n) is 10.3. The normalized spacial score (nSPS) is 26.9. The largest absolute Gasteiger partial charge is 0.380 e. The molecule has 0 spiro atoms. The van der Waals surface area contributed by atoms with Crippen LogP contribution in [0.1, 0.15) is 18.5 Å². The van der Waals surface area contributed by atoms with Gasteiger partial charge < -0.3 is 14.5 Å². The minimum Gasteiger partial charge on any atom is -0.380 e.